The zero-order valence-electron chi connectivity index (χ0n) is 12.9. The van der Waals surface area contributed by atoms with Gasteiger partial charge in [-0.15, -0.1) is 0 Å². The molecule has 1 atom stereocenters. The fourth-order valence-corrected chi connectivity index (χ4v) is 2.91. The van der Waals surface area contributed by atoms with E-state index in [1.54, 1.807) is 4.90 Å². The maximum absolute atomic E-state index is 13.3. The summed E-state index contributed by atoms with van der Waals surface area (Å²) in [6.45, 7) is 1.52. The molecule has 0 spiro atoms. The lowest BCUT2D eigenvalue weighted by Crippen LogP contribution is -2.39. The Bertz CT molecular complexity index is 809. The Hall–Kier alpha value is -2.96. The standard InChI is InChI=1S/C17H15FN2O4/c1-11-8-12-4-2-3-5-14(12)19(11)17(21)10-24-16-9-13(18)6-7-15(16)20(22)23/h2-7,9,11H,8,10H2,1H3/t11-/m0/s1. The molecular formula is C17H15FN2O4. The van der Waals surface area contributed by atoms with Gasteiger partial charge in [-0.1, -0.05) is 18.2 Å². The third kappa shape index (κ3) is 2.92. The molecule has 1 amide bonds. The van der Waals surface area contributed by atoms with Gasteiger partial charge in [0, 0.05) is 23.9 Å². The molecule has 0 radical (unpaired) electrons. The highest BCUT2D eigenvalue weighted by molar-refractivity contribution is 5.97. The Labute approximate surface area is 137 Å². The highest BCUT2D eigenvalue weighted by atomic mass is 19.1. The quantitative estimate of drug-likeness (QED) is 0.638. The number of anilines is 1. The van der Waals surface area contributed by atoms with Crippen molar-refractivity contribution < 1.29 is 18.8 Å². The van der Waals surface area contributed by atoms with Crippen LogP contribution in [0.1, 0.15) is 12.5 Å². The summed E-state index contributed by atoms with van der Waals surface area (Å²) in [7, 11) is 0. The largest absolute Gasteiger partial charge is 0.477 e. The number of hydrogen-bond donors (Lipinski definition) is 0. The molecule has 1 aliphatic heterocycles. The Morgan fingerprint density at radius 3 is 2.88 bits per heavy atom. The van der Waals surface area contributed by atoms with Crippen LogP contribution in [0.15, 0.2) is 42.5 Å². The number of rotatable bonds is 4. The van der Waals surface area contributed by atoms with E-state index in [4.69, 9.17) is 4.74 Å². The molecule has 6 nitrogen and oxygen atoms in total. The number of nitrogens with zero attached hydrogens (tertiary/aromatic N) is 2. The van der Waals surface area contributed by atoms with Gasteiger partial charge in [-0.3, -0.25) is 14.9 Å². The van der Waals surface area contributed by atoms with Crippen LogP contribution in [0.4, 0.5) is 15.8 Å². The minimum atomic E-state index is -0.674. The normalized spacial score (nSPS) is 15.9. The third-order valence-corrected chi connectivity index (χ3v) is 3.95. The summed E-state index contributed by atoms with van der Waals surface area (Å²) < 4.78 is 18.5. The number of carbonyl (C=O) groups is 1. The summed E-state index contributed by atoms with van der Waals surface area (Å²) in [5.74, 6) is -1.25. The van der Waals surface area contributed by atoms with Gasteiger partial charge in [0.15, 0.2) is 6.61 Å². The van der Waals surface area contributed by atoms with Crippen molar-refractivity contribution in [1.82, 2.24) is 0 Å². The van der Waals surface area contributed by atoms with Gasteiger partial charge in [-0.2, -0.15) is 0 Å². The second-order valence-corrected chi connectivity index (χ2v) is 5.60. The van der Waals surface area contributed by atoms with Crippen LogP contribution in [0.25, 0.3) is 0 Å². The van der Waals surface area contributed by atoms with Crippen LogP contribution in [-0.2, 0) is 11.2 Å². The topological polar surface area (TPSA) is 72.7 Å². The van der Waals surface area contributed by atoms with E-state index in [-0.39, 0.29) is 23.4 Å². The van der Waals surface area contributed by atoms with Gasteiger partial charge in [0.2, 0.25) is 5.75 Å². The van der Waals surface area contributed by atoms with E-state index in [2.05, 4.69) is 0 Å². The van der Waals surface area contributed by atoms with Crippen LogP contribution in [-0.4, -0.2) is 23.5 Å². The van der Waals surface area contributed by atoms with Gasteiger partial charge in [0.25, 0.3) is 5.91 Å². The third-order valence-electron chi connectivity index (χ3n) is 3.95. The van der Waals surface area contributed by atoms with Crippen LogP contribution in [0, 0.1) is 15.9 Å². The smallest absolute Gasteiger partial charge is 0.311 e. The van der Waals surface area contributed by atoms with Crippen molar-refractivity contribution >= 4 is 17.3 Å². The number of nitro groups is 1. The highest BCUT2D eigenvalue weighted by Crippen LogP contribution is 2.32. The van der Waals surface area contributed by atoms with Crippen LogP contribution >= 0.6 is 0 Å². The van der Waals surface area contributed by atoms with Crippen molar-refractivity contribution in [3.63, 3.8) is 0 Å². The van der Waals surface area contributed by atoms with Crippen molar-refractivity contribution in [2.45, 2.75) is 19.4 Å². The first-order chi connectivity index (χ1) is 11.5. The molecule has 124 valence electrons. The van der Waals surface area contributed by atoms with E-state index in [0.29, 0.717) is 0 Å². The summed E-state index contributed by atoms with van der Waals surface area (Å²) in [4.78, 5) is 24.4. The molecule has 1 heterocycles. The van der Waals surface area contributed by atoms with Crippen LogP contribution < -0.4 is 9.64 Å². The number of carbonyl (C=O) groups excluding carboxylic acids is 1. The number of benzene rings is 2. The Balaban J connectivity index is 1.77. The molecule has 0 saturated carbocycles. The van der Waals surface area contributed by atoms with Crippen LogP contribution in [0.5, 0.6) is 5.75 Å². The fourth-order valence-electron chi connectivity index (χ4n) is 2.91. The number of para-hydroxylation sites is 1. The molecule has 2 aromatic carbocycles. The number of halogens is 1. The second kappa shape index (κ2) is 6.27. The van der Waals surface area contributed by atoms with E-state index in [0.717, 1.165) is 35.9 Å². The summed E-state index contributed by atoms with van der Waals surface area (Å²) in [6.07, 6.45) is 0.738. The molecule has 24 heavy (non-hydrogen) atoms. The molecule has 2 aromatic rings. The summed E-state index contributed by atoms with van der Waals surface area (Å²) >= 11 is 0. The van der Waals surface area contributed by atoms with E-state index in [1.807, 2.05) is 31.2 Å². The fraction of sp³-hybridized carbons (Fsp3) is 0.235. The second-order valence-electron chi connectivity index (χ2n) is 5.60. The first kappa shape index (κ1) is 15.9. The molecule has 0 aromatic heterocycles. The molecule has 0 bridgehead atoms. The molecule has 0 aliphatic carbocycles. The molecule has 0 N–H and O–H groups in total. The summed E-state index contributed by atoms with van der Waals surface area (Å²) in [6, 6.07) is 10.4. The van der Waals surface area contributed by atoms with Crippen LogP contribution in [0.2, 0.25) is 0 Å². The predicted molar refractivity (Wildman–Crippen MR) is 85.6 cm³/mol. The van der Waals surface area contributed by atoms with Crippen molar-refractivity contribution in [2.24, 2.45) is 0 Å². The van der Waals surface area contributed by atoms with Gasteiger partial charge < -0.3 is 9.64 Å². The van der Waals surface area contributed by atoms with Gasteiger partial charge in [0.1, 0.15) is 5.82 Å². The van der Waals surface area contributed by atoms with E-state index in [9.17, 15) is 19.3 Å². The first-order valence-electron chi connectivity index (χ1n) is 7.44. The van der Waals surface area contributed by atoms with Gasteiger partial charge in [0.05, 0.1) is 4.92 Å². The molecular weight excluding hydrogens is 315 g/mol. The van der Waals surface area contributed by atoms with E-state index >= 15 is 0 Å². The molecule has 0 saturated heterocycles. The zero-order valence-corrected chi connectivity index (χ0v) is 12.9. The Morgan fingerprint density at radius 2 is 2.12 bits per heavy atom. The van der Waals surface area contributed by atoms with Gasteiger partial charge in [-0.05, 0) is 31.0 Å². The number of hydrogen-bond acceptors (Lipinski definition) is 4. The van der Waals surface area contributed by atoms with Gasteiger partial charge in [-0.25, -0.2) is 4.39 Å². The lowest BCUT2D eigenvalue weighted by atomic mass is 10.1. The summed E-state index contributed by atoms with van der Waals surface area (Å²) in [5.41, 5.74) is 1.50. The average molecular weight is 330 g/mol. The highest BCUT2D eigenvalue weighted by Gasteiger charge is 2.31. The Morgan fingerprint density at radius 1 is 1.38 bits per heavy atom. The Kier molecular flexibility index (Phi) is 4.16. The number of fused-ring (bicyclic) bond motifs is 1. The van der Waals surface area contributed by atoms with Crippen molar-refractivity contribution in [3.8, 4) is 5.75 Å². The molecule has 7 heteroatoms. The maximum Gasteiger partial charge on any atom is 0.311 e. The lowest BCUT2D eigenvalue weighted by molar-refractivity contribution is -0.385. The van der Waals surface area contributed by atoms with Crippen molar-refractivity contribution in [2.75, 3.05) is 11.5 Å². The lowest BCUT2D eigenvalue weighted by Gasteiger charge is -2.22. The molecule has 0 unspecified atom stereocenters. The zero-order chi connectivity index (χ0) is 17.3. The van der Waals surface area contributed by atoms with E-state index < -0.39 is 17.3 Å². The average Bonchev–Trinajstić information content (AvgIpc) is 2.88. The predicted octanol–water partition coefficient (Wildman–Crippen LogP) is 3.09. The monoisotopic (exact) mass is 330 g/mol. The maximum atomic E-state index is 13.3. The number of nitro benzene ring substituents is 1. The van der Waals surface area contributed by atoms with Crippen molar-refractivity contribution in [3.05, 3.63) is 64.0 Å². The van der Waals surface area contributed by atoms with Crippen LogP contribution in [0.3, 0.4) is 0 Å². The van der Waals surface area contributed by atoms with Gasteiger partial charge >= 0.3 is 5.69 Å². The minimum absolute atomic E-state index is 0.0269. The molecule has 1 aliphatic rings. The molecule has 0 fully saturated rings. The SMILES string of the molecule is C[C@H]1Cc2ccccc2N1C(=O)COc1cc(F)ccc1[N+](=O)[O-]. The summed E-state index contributed by atoms with van der Waals surface area (Å²) in [5, 5.41) is 11.0. The number of amides is 1. The van der Waals surface area contributed by atoms with Crippen molar-refractivity contribution in [1.29, 1.82) is 0 Å². The first-order valence-corrected chi connectivity index (χ1v) is 7.44. The minimum Gasteiger partial charge on any atom is -0.477 e. The molecule has 3 rings (SSSR count). The van der Waals surface area contributed by atoms with E-state index in [1.165, 1.54) is 0 Å². The number of ether oxygens (including phenoxy) is 1.